The first kappa shape index (κ1) is 16.2. The first-order valence-corrected chi connectivity index (χ1v) is 5.80. The van der Waals surface area contributed by atoms with E-state index in [1.807, 2.05) is 0 Å². The van der Waals surface area contributed by atoms with Crippen molar-refractivity contribution in [2.45, 2.75) is 13.0 Å². The molecule has 1 atom stereocenters. The lowest BCUT2D eigenvalue weighted by Gasteiger charge is -2.33. The summed E-state index contributed by atoms with van der Waals surface area (Å²) >= 11 is 0. The van der Waals surface area contributed by atoms with Gasteiger partial charge >= 0.3 is 0 Å². The molecule has 1 saturated heterocycles. The van der Waals surface area contributed by atoms with Crippen LogP contribution in [0.4, 0.5) is 17.6 Å². The Hall–Kier alpha value is -0.850. The minimum atomic E-state index is -1.36. The molecule has 108 valence electrons. The Morgan fingerprint density at radius 2 is 1.53 bits per heavy atom. The van der Waals surface area contributed by atoms with Gasteiger partial charge in [0.1, 0.15) is 0 Å². The number of nitrogens with one attached hydrogen (secondary N) is 1. The third-order valence-electron chi connectivity index (χ3n) is 3.26. The molecule has 1 N–H and O–H groups in total. The summed E-state index contributed by atoms with van der Waals surface area (Å²) in [4.78, 5) is 1.79. The van der Waals surface area contributed by atoms with Crippen LogP contribution in [0, 0.1) is 23.3 Å². The highest BCUT2D eigenvalue weighted by atomic mass is 35.5. The van der Waals surface area contributed by atoms with E-state index in [2.05, 4.69) is 5.32 Å². The van der Waals surface area contributed by atoms with Crippen molar-refractivity contribution in [3.63, 3.8) is 0 Å². The zero-order chi connectivity index (χ0) is 13.3. The second-order valence-corrected chi connectivity index (χ2v) is 4.34. The van der Waals surface area contributed by atoms with Crippen LogP contribution < -0.4 is 5.32 Å². The fourth-order valence-electron chi connectivity index (χ4n) is 2.21. The lowest BCUT2D eigenvalue weighted by molar-refractivity contribution is 0.177. The van der Waals surface area contributed by atoms with Crippen LogP contribution >= 0.6 is 12.4 Å². The standard InChI is InChI=1S/C12H14F4N2.ClH/c1-7(18-4-2-17-3-5-18)10-11(15)8(13)6-9(14)12(10)16;/h6-7,17H,2-5H2,1H3;1H/t7-;/m0./s1. The van der Waals surface area contributed by atoms with Crippen LogP contribution in [0.5, 0.6) is 0 Å². The van der Waals surface area contributed by atoms with Gasteiger partial charge in [0, 0.05) is 43.9 Å². The Bertz CT molecular complexity index is 424. The Labute approximate surface area is 115 Å². The van der Waals surface area contributed by atoms with Crippen molar-refractivity contribution in [3.8, 4) is 0 Å². The average Bonchev–Trinajstić information content (AvgIpc) is 2.37. The second-order valence-electron chi connectivity index (χ2n) is 4.34. The monoisotopic (exact) mass is 298 g/mol. The Kier molecular flexibility index (Phi) is 5.58. The average molecular weight is 299 g/mol. The molecule has 0 aliphatic carbocycles. The lowest BCUT2D eigenvalue weighted by Crippen LogP contribution is -2.44. The molecule has 0 bridgehead atoms. The number of hydrogen-bond acceptors (Lipinski definition) is 2. The van der Waals surface area contributed by atoms with E-state index in [9.17, 15) is 17.6 Å². The molecule has 2 nitrogen and oxygen atoms in total. The molecule has 19 heavy (non-hydrogen) atoms. The van der Waals surface area contributed by atoms with Crippen molar-refractivity contribution in [2.24, 2.45) is 0 Å². The molecule has 0 amide bonds. The van der Waals surface area contributed by atoms with Gasteiger partial charge in [-0.3, -0.25) is 4.90 Å². The third-order valence-corrected chi connectivity index (χ3v) is 3.26. The molecule has 1 aromatic rings. The Morgan fingerprint density at radius 1 is 1.05 bits per heavy atom. The normalized spacial score (nSPS) is 17.9. The summed E-state index contributed by atoms with van der Waals surface area (Å²) < 4.78 is 53.5. The molecule has 1 heterocycles. The molecule has 1 aliphatic heterocycles. The fraction of sp³-hybridized carbons (Fsp3) is 0.500. The van der Waals surface area contributed by atoms with E-state index in [1.54, 1.807) is 11.8 Å². The van der Waals surface area contributed by atoms with Gasteiger partial charge in [-0.05, 0) is 6.92 Å². The highest BCUT2D eigenvalue weighted by Crippen LogP contribution is 2.28. The summed E-state index contributed by atoms with van der Waals surface area (Å²) in [6.07, 6.45) is 0. The molecule has 1 aliphatic rings. The Balaban J connectivity index is 0.00000180. The number of benzene rings is 1. The number of halogens is 5. The molecule has 0 saturated carbocycles. The highest BCUT2D eigenvalue weighted by molar-refractivity contribution is 5.85. The van der Waals surface area contributed by atoms with Crippen molar-refractivity contribution < 1.29 is 17.6 Å². The van der Waals surface area contributed by atoms with Gasteiger partial charge in [-0.1, -0.05) is 0 Å². The van der Waals surface area contributed by atoms with E-state index in [1.165, 1.54) is 0 Å². The minimum Gasteiger partial charge on any atom is -0.314 e. The molecular weight excluding hydrogens is 284 g/mol. The zero-order valence-corrected chi connectivity index (χ0v) is 11.2. The predicted octanol–water partition coefficient (Wildman–Crippen LogP) is 2.63. The molecule has 0 radical (unpaired) electrons. The van der Waals surface area contributed by atoms with Crippen LogP contribution in [0.1, 0.15) is 18.5 Å². The summed E-state index contributed by atoms with van der Waals surface area (Å²) in [6, 6.07) is -0.462. The SMILES string of the molecule is C[C@@H](c1c(F)c(F)cc(F)c1F)N1CCNCC1.Cl. The van der Waals surface area contributed by atoms with Gasteiger partial charge in [-0.2, -0.15) is 0 Å². The van der Waals surface area contributed by atoms with E-state index in [0.717, 1.165) is 0 Å². The quantitative estimate of drug-likeness (QED) is 0.667. The largest absolute Gasteiger partial charge is 0.314 e. The first-order chi connectivity index (χ1) is 8.52. The Morgan fingerprint density at radius 3 is 2.00 bits per heavy atom. The van der Waals surface area contributed by atoms with Crippen LogP contribution in [0.25, 0.3) is 0 Å². The van der Waals surface area contributed by atoms with Crippen LogP contribution in [-0.2, 0) is 0 Å². The predicted molar refractivity (Wildman–Crippen MR) is 66.4 cm³/mol. The lowest BCUT2D eigenvalue weighted by atomic mass is 10.0. The highest BCUT2D eigenvalue weighted by Gasteiger charge is 2.27. The van der Waals surface area contributed by atoms with E-state index in [4.69, 9.17) is 0 Å². The molecule has 0 unspecified atom stereocenters. The second kappa shape index (κ2) is 6.54. The first-order valence-electron chi connectivity index (χ1n) is 5.80. The van der Waals surface area contributed by atoms with Crippen molar-refractivity contribution in [1.29, 1.82) is 0 Å². The van der Waals surface area contributed by atoms with Gasteiger partial charge in [-0.25, -0.2) is 17.6 Å². The summed E-state index contributed by atoms with van der Waals surface area (Å²) in [5, 5.41) is 3.10. The van der Waals surface area contributed by atoms with Crippen LogP contribution in [0.3, 0.4) is 0 Å². The van der Waals surface area contributed by atoms with Gasteiger partial charge in [0.15, 0.2) is 23.3 Å². The van der Waals surface area contributed by atoms with E-state index < -0.39 is 34.9 Å². The molecule has 7 heteroatoms. The zero-order valence-electron chi connectivity index (χ0n) is 10.4. The summed E-state index contributed by atoms with van der Waals surface area (Å²) in [5.41, 5.74) is -0.533. The molecule has 2 rings (SSSR count). The topological polar surface area (TPSA) is 15.3 Å². The van der Waals surface area contributed by atoms with Crippen molar-refractivity contribution in [2.75, 3.05) is 26.2 Å². The maximum Gasteiger partial charge on any atom is 0.166 e. The maximum atomic E-state index is 13.6. The van der Waals surface area contributed by atoms with Gasteiger partial charge in [0.2, 0.25) is 0 Å². The third kappa shape index (κ3) is 3.19. The van der Waals surface area contributed by atoms with Crippen LogP contribution in [0.2, 0.25) is 0 Å². The van der Waals surface area contributed by atoms with E-state index >= 15 is 0 Å². The van der Waals surface area contributed by atoms with Gasteiger partial charge in [0.25, 0.3) is 0 Å². The minimum absolute atomic E-state index is 0. The number of piperazine rings is 1. The van der Waals surface area contributed by atoms with Gasteiger partial charge < -0.3 is 5.32 Å². The number of hydrogen-bond donors (Lipinski definition) is 1. The summed E-state index contributed by atoms with van der Waals surface area (Å²) in [6.45, 7) is 4.08. The maximum absolute atomic E-state index is 13.6. The summed E-state index contributed by atoms with van der Waals surface area (Å²) in [7, 11) is 0. The molecular formula is C12H15ClF4N2. The van der Waals surface area contributed by atoms with Crippen molar-refractivity contribution in [3.05, 3.63) is 34.9 Å². The van der Waals surface area contributed by atoms with Crippen molar-refractivity contribution in [1.82, 2.24) is 10.2 Å². The van der Waals surface area contributed by atoms with E-state index in [-0.39, 0.29) is 18.5 Å². The number of nitrogens with zero attached hydrogens (tertiary/aromatic N) is 1. The smallest absolute Gasteiger partial charge is 0.166 e. The fourth-order valence-corrected chi connectivity index (χ4v) is 2.21. The van der Waals surface area contributed by atoms with Crippen LogP contribution in [-0.4, -0.2) is 31.1 Å². The number of rotatable bonds is 2. The summed E-state index contributed by atoms with van der Waals surface area (Å²) in [5.74, 6) is -5.32. The molecule has 1 fully saturated rings. The molecule has 0 aromatic heterocycles. The molecule has 1 aromatic carbocycles. The van der Waals surface area contributed by atoms with Crippen molar-refractivity contribution >= 4 is 12.4 Å². The molecule has 0 spiro atoms. The van der Waals surface area contributed by atoms with Crippen LogP contribution in [0.15, 0.2) is 6.07 Å². The van der Waals surface area contributed by atoms with Gasteiger partial charge in [-0.15, -0.1) is 12.4 Å². The van der Waals surface area contributed by atoms with Gasteiger partial charge in [0.05, 0.1) is 0 Å². The van der Waals surface area contributed by atoms with E-state index in [0.29, 0.717) is 26.2 Å².